The summed E-state index contributed by atoms with van der Waals surface area (Å²) in [6, 6.07) is 4.58. The number of likely N-dealkylation sites (tertiary alicyclic amines) is 2. The predicted octanol–water partition coefficient (Wildman–Crippen LogP) is 2.13. The lowest BCUT2D eigenvalue weighted by Crippen LogP contribution is -2.56. The third kappa shape index (κ3) is 5.09. The van der Waals surface area contributed by atoms with Crippen LogP contribution in [0.5, 0.6) is 11.5 Å². The Morgan fingerprint density at radius 3 is 2.50 bits per heavy atom. The van der Waals surface area contributed by atoms with Crippen LogP contribution in [0, 0.1) is 5.92 Å². The minimum absolute atomic E-state index is 0.0338. The minimum atomic E-state index is -0.541. The molecular weight excluding hydrogens is 428 g/mol. The molecule has 2 saturated heterocycles. The number of amides is 2. The van der Waals surface area contributed by atoms with Crippen molar-refractivity contribution in [2.24, 2.45) is 5.92 Å². The van der Waals surface area contributed by atoms with Crippen molar-refractivity contribution in [3.05, 3.63) is 23.8 Å². The number of rotatable bonds is 5. The van der Waals surface area contributed by atoms with Gasteiger partial charge in [0.1, 0.15) is 6.04 Å². The van der Waals surface area contributed by atoms with Gasteiger partial charge in [-0.15, -0.1) is 0 Å². The molecule has 9 heteroatoms. The number of carbonyl (C=O) groups is 2. The quantitative estimate of drug-likeness (QED) is 0.652. The Kier molecular flexibility index (Phi) is 7.34. The third-order valence-corrected chi connectivity index (χ3v) is 6.88. The number of hydrogen-bond acceptors (Lipinski definition) is 5. The van der Waals surface area contributed by atoms with Crippen molar-refractivity contribution >= 4 is 29.1 Å². The molecule has 1 aromatic rings. The molecule has 174 valence electrons. The van der Waals surface area contributed by atoms with Crippen LogP contribution in [0.15, 0.2) is 18.2 Å². The van der Waals surface area contributed by atoms with Gasteiger partial charge in [-0.1, -0.05) is 0 Å². The standard InChI is InChI=1S/C23H32N4O4S/c1-2-24-23(32)27-12-8-16(9-13-27)20(22(29)26-10-4-3-5-11-26)25-21(28)17-6-7-18-19(14-17)31-15-30-18/h6-7,14,16,20H,2-5,8-13,15H2,1H3,(H,24,32)(H,25,28)/t20-/m1/s1. The maximum Gasteiger partial charge on any atom is 0.252 e. The first kappa shape index (κ1) is 22.6. The topological polar surface area (TPSA) is 83.1 Å². The van der Waals surface area contributed by atoms with Crippen LogP contribution in [0.1, 0.15) is 49.4 Å². The van der Waals surface area contributed by atoms with Crippen molar-refractivity contribution in [1.82, 2.24) is 20.4 Å². The van der Waals surface area contributed by atoms with E-state index in [9.17, 15) is 9.59 Å². The van der Waals surface area contributed by atoms with E-state index in [0.717, 1.165) is 69.9 Å². The van der Waals surface area contributed by atoms with Gasteiger partial charge in [0.25, 0.3) is 5.91 Å². The van der Waals surface area contributed by atoms with Crippen LogP contribution in [0.2, 0.25) is 0 Å². The summed E-state index contributed by atoms with van der Waals surface area (Å²) in [6.07, 6.45) is 4.79. The highest BCUT2D eigenvalue weighted by Crippen LogP contribution is 2.32. The molecule has 0 radical (unpaired) electrons. The molecule has 2 amide bonds. The normalized spacial score (nSPS) is 19.4. The largest absolute Gasteiger partial charge is 0.454 e. The number of ether oxygens (including phenoxy) is 2. The molecule has 4 rings (SSSR count). The Labute approximate surface area is 194 Å². The van der Waals surface area contributed by atoms with Crippen LogP contribution >= 0.6 is 12.2 Å². The first-order valence-corrected chi connectivity index (χ1v) is 12.0. The Balaban J connectivity index is 1.47. The van der Waals surface area contributed by atoms with Crippen molar-refractivity contribution in [2.45, 2.75) is 45.1 Å². The van der Waals surface area contributed by atoms with Gasteiger partial charge in [-0.2, -0.15) is 0 Å². The number of fused-ring (bicyclic) bond motifs is 1. The molecule has 8 nitrogen and oxygen atoms in total. The summed E-state index contributed by atoms with van der Waals surface area (Å²) in [6.45, 7) is 6.06. The highest BCUT2D eigenvalue weighted by atomic mass is 32.1. The zero-order valence-electron chi connectivity index (χ0n) is 18.6. The summed E-state index contributed by atoms with van der Waals surface area (Å²) in [5, 5.41) is 7.02. The zero-order valence-corrected chi connectivity index (χ0v) is 19.4. The third-order valence-electron chi connectivity index (χ3n) is 6.48. The molecule has 0 saturated carbocycles. The summed E-state index contributed by atoms with van der Waals surface area (Å²) >= 11 is 5.45. The second-order valence-corrected chi connectivity index (χ2v) is 8.95. The molecule has 2 fully saturated rings. The molecule has 1 atom stereocenters. The molecule has 0 bridgehead atoms. The van der Waals surface area contributed by atoms with E-state index in [-0.39, 0.29) is 24.5 Å². The summed E-state index contributed by atoms with van der Waals surface area (Å²) in [4.78, 5) is 30.7. The lowest BCUT2D eigenvalue weighted by molar-refractivity contribution is -0.136. The second-order valence-electron chi connectivity index (χ2n) is 8.57. The van der Waals surface area contributed by atoms with Crippen LogP contribution in [0.4, 0.5) is 0 Å². The molecule has 0 aliphatic carbocycles. The van der Waals surface area contributed by atoms with Crippen molar-refractivity contribution in [3.8, 4) is 11.5 Å². The maximum atomic E-state index is 13.5. The lowest BCUT2D eigenvalue weighted by atomic mass is 9.88. The lowest BCUT2D eigenvalue weighted by Gasteiger charge is -2.39. The highest BCUT2D eigenvalue weighted by molar-refractivity contribution is 7.80. The molecule has 3 aliphatic heterocycles. The smallest absolute Gasteiger partial charge is 0.252 e. The summed E-state index contributed by atoms with van der Waals surface area (Å²) in [5.41, 5.74) is 0.469. The zero-order chi connectivity index (χ0) is 22.5. The average molecular weight is 461 g/mol. The van der Waals surface area contributed by atoms with Gasteiger partial charge in [-0.3, -0.25) is 9.59 Å². The van der Waals surface area contributed by atoms with Crippen LogP contribution in [0.25, 0.3) is 0 Å². The first-order chi connectivity index (χ1) is 15.6. The fourth-order valence-electron chi connectivity index (χ4n) is 4.65. The Morgan fingerprint density at radius 1 is 1.06 bits per heavy atom. The molecule has 32 heavy (non-hydrogen) atoms. The van der Waals surface area contributed by atoms with Gasteiger partial charge in [-0.05, 0) is 75.4 Å². The van der Waals surface area contributed by atoms with Crippen molar-refractivity contribution < 1.29 is 19.1 Å². The molecule has 0 aromatic heterocycles. The van der Waals surface area contributed by atoms with E-state index in [1.54, 1.807) is 18.2 Å². The molecular formula is C23H32N4O4S. The van der Waals surface area contributed by atoms with Gasteiger partial charge in [0.2, 0.25) is 12.7 Å². The van der Waals surface area contributed by atoms with E-state index in [1.807, 2.05) is 11.8 Å². The van der Waals surface area contributed by atoms with E-state index in [0.29, 0.717) is 17.1 Å². The predicted molar refractivity (Wildman–Crippen MR) is 125 cm³/mol. The van der Waals surface area contributed by atoms with Crippen molar-refractivity contribution in [2.75, 3.05) is 39.5 Å². The van der Waals surface area contributed by atoms with Gasteiger partial charge in [0, 0.05) is 38.3 Å². The first-order valence-electron chi connectivity index (χ1n) is 11.6. The highest BCUT2D eigenvalue weighted by Gasteiger charge is 2.36. The van der Waals surface area contributed by atoms with E-state index < -0.39 is 6.04 Å². The van der Waals surface area contributed by atoms with Crippen molar-refractivity contribution in [1.29, 1.82) is 0 Å². The Morgan fingerprint density at radius 2 is 1.78 bits per heavy atom. The summed E-state index contributed by atoms with van der Waals surface area (Å²) < 4.78 is 10.7. The Bertz CT molecular complexity index is 850. The SMILES string of the molecule is CCNC(=S)N1CCC([C@@H](NC(=O)c2ccc3c(c2)OCO3)C(=O)N2CCCCC2)CC1. The molecule has 2 N–H and O–H groups in total. The summed E-state index contributed by atoms with van der Waals surface area (Å²) in [5.74, 6) is 1.03. The van der Waals surface area contributed by atoms with Crippen molar-refractivity contribution in [3.63, 3.8) is 0 Å². The monoisotopic (exact) mass is 460 g/mol. The van der Waals surface area contributed by atoms with E-state index in [4.69, 9.17) is 21.7 Å². The van der Waals surface area contributed by atoms with Gasteiger partial charge >= 0.3 is 0 Å². The van der Waals surface area contributed by atoms with Crippen LogP contribution in [0.3, 0.4) is 0 Å². The number of nitrogens with zero attached hydrogens (tertiary/aromatic N) is 2. The van der Waals surface area contributed by atoms with Crippen LogP contribution < -0.4 is 20.1 Å². The summed E-state index contributed by atoms with van der Waals surface area (Å²) in [7, 11) is 0. The van der Waals surface area contributed by atoms with Crippen LogP contribution in [-0.2, 0) is 4.79 Å². The van der Waals surface area contributed by atoms with Gasteiger partial charge in [0.15, 0.2) is 16.6 Å². The van der Waals surface area contributed by atoms with E-state index in [2.05, 4.69) is 15.5 Å². The molecule has 0 unspecified atom stereocenters. The van der Waals surface area contributed by atoms with Gasteiger partial charge < -0.3 is 29.9 Å². The fourth-order valence-corrected chi connectivity index (χ4v) is 4.98. The molecule has 1 aromatic carbocycles. The van der Waals surface area contributed by atoms with Gasteiger partial charge in [0.05, 0.1) is 0 Å². The molecule has 3 aliphatic rings. The molecule has 0 spiro atoms. The number of nitrogens with one attached hydrogen (secondary N) is 2. The average Bonchev–Trinajstić information content (AvgIpc) is 3.31. The van der Waals surface area contributed by atoms with E-state index >= 15 is 0 Å². The van der Waals surface area contributed by atoms with Gasteiger partial charge in [-0.25, -0.2) is 0 Å². The number of hydrogen-bond donors (Lipinski definition) is 2. The number of carbonyl (C=O) groups excluding carboxylic acids is 2. The second kappa shape index (κ2) is 10.4. The van der Waals surface area contributed by atoms with Crippen LogP contribution in [-0.4, -0.2) is 72.3 Å². The number of thiocarbonyl (C=S) groups is 1. The van der Waals surface area contributed by atoms with E-state index in [1.165, 1.54) is 0 Å². The molecule has 3 heterocycles. The number of benzene rings is 1. The minimum Gasteiger partial charge on any atom is -0.454 e. The fraction of sp³-hybridized carbons (Fsp3) is 0.609. The Hall–Kier alpha value is -2.55. The maximum absolute atomic E-state index is 13.5. The number of piperidine rings is 2.